The molecule has 0 heterocycles. The number of hydrogen-bond donors (Lipinski definition) is 1. The first-order chi connectivity index (χ1) is 11.9. The topological polar surface area (TPSA) is 116 Å². The summed E-state index contributed by atoms with van der Waals surface area (Å²) in [5, 5.41) is 20.8. The van der Waals surface area contributed by atoms with E-state index in [1.165, 1.54) is 44.6 Å². The molecule has 0 aromatic heterocycles. The lowest BCUT2D eigenvalue weighted by molar-refractivity contribution is -0.384. The van der Waals surface area contributed by atoms with E-state index < -0.39 is 22.9 Å². The Hall–Kier alpha value is -3.42. The Balaban J connectivity index is 2.29. The lowest BCUT2D eigenvalue weighted by atomic mass is 9.99. The van der Waals surface area contributed by atoms with Crippen molar-refractivity contribution in [1.29, 1.82) is 0 Å². The number of benzene rings is 2. The molecule has 2 aromatic carbocycles. The van der Waals surface area contributed by atoms with Crippen LogP contribution >= 0.6 is 0 Å². The Morgan fingerprint density at radius 1 is 1.12 bits per heavy atom. The molecule has 0 radical (unpaired) electrons. The highest BCUT2D eigenvalue weighted by Crippen LogP contribution is 2.34. The zero-order chi connectivity index (χ0) is 18.6. The molecule has 0 atom stereocenters. The van der Waals surface area contributed by atoms with Gasteiger partial charge in [0.25, 0.3) is 5.69 Å². The first-order valence-electron chi connectivity index (χ1n) is 7.13. The van der Waals surface area contributed by atoms with Crippen LogP contribution < -0.4 is 9.47 Å². The van der Waals surface area contributed by atoms with E-state index in [0.29, 0.717) is 0 Å². The Kier molecular flexibility index (Phi) is 5.33. The Morgan fingerprint density at radius 2 is 1.84 bits per heavy atom. The number of methoxy groups -OCH3 is 2. The third kappa shape index (κ3) is 3.92. The number of rotatable bonds is 7. The molecule has 8 nitrogen and oxygen atoms in total. The number of ketones is 2. The zero-order valence-electron chi connectivity index (χ0n) is 13.5. The molecule has 0 unspecified atom stereocenters. The molecule has 0 aliphatic rings. The summed E-state index contributed by atoms with van der Waals surface area (Å²) in [5.74, 6) is -1.31. The molecule has 0 aliphatic heterocycles. The third-order valence-electron chi connectivity index (χ3n) is 3.49. The number of non-ortho nitro benzene ring substituents is 1. The van der Waals surface area contributed by atoms with Crippen molar-refractivity contribution in [2.45, 2.75) is 6.42 Å². The highest BCUT2D eigenvalue weighted by molar-refractivity contribution is 6.15. The van der Waals surface area contributed by atoms with Gasteiger partial charge in [0.05, 0.1) is 25.6 Å². The number of phenolic OH excluding ortho intramolecular Hbond substituents is 1. The van der Waals surface area contributed by atoms with Crippen molar-refractivity contribution in [3.8, 4) is 17.2 Å². The molecule has 130 valence electrons. The number of hydrogen-bond acceptors (Lipinski definition) is 7. The summed E-state index contributed by atoms with van der Waals surface area (Å²) in [4.78, 5) is 34.8. The molecule has 2 aromatic rings. The van der Waals surface area contributed by atoms with Gasteiger partial charge in [0.2, 0.25) is 0 Å². The van der Waals surface area contributed by atoms with Crippen LogP contribution in [0.4, 0.5) is 5.69 Å². The van der Waals surface area contributed by atoms with Gasteiger partial charge < -0.3 is 14.6 Å². The summed E-state index contributed by atoms with van der Waals surface area (Å²) < 4.78 is 10.0. The van der Waals surface area contributed by atoms with E-state index in [9.17, 15) is 24.8 Å². The van der Waals surface area contributed by atoms with E-state index in [-0.39, 0.29) is 34.1 Å². The number of phenols is 1. The van der Waals surface area contributed by atoms with Crippen LogP contribution in [-0.2, 0) is 0 Å². The first-order valence-corrected chi connectivity index (χ1v) is 7.13. The average molecular weight is 345 g/mol. The zero-order valence-corrected chi connectivity index (χ0v) is 13.5. The van der Waals surface area contributed by atoms with Crippen molar-refractivity contribution in [2.75, 3.05) is 14.2 Å². The van der Waals surface area contributed by atoms with Gasteiger partial charge in [-0.3, -0.25) is 19.7 Å². The van der Waals surface area contributed by atoms with Crippen LogP contribution in [0.5, 0.6) is 17.2 Å². The molecule has 0 spiro atoms. The Bertz CT molecular complexity index is 845. The van der Waals surface area contributed by atoms with Crippen molar-refractivity contribution < 1.29 is 29.1 Å². The van der Waals surface area contributed by atoms with E-state index >= 15 is 0 Å². The molecule has 0 fully saturated rings. The van der Waals surface area contributed by atoms with Gasteiger partial charge in [-0.05, 0) is 0 Å². The monoisotopic (exact) mass is 345 g/mol. The Labute approximate surface area is 142 Å². The number of aromatic hydroxyl groups is 1. The SMILES string of the molecule is COc1cc(O)c(C(=O)CC(=O)c2cccc([N+](=O)[O-])c2)c(OC)c1. The summed E-state index contributed by atoms with van der Waals surface area (Å²) in [6, 6.07) is 7.73. The van der Waals surface area contributed by atoms with Crippen LogP contribution in [0.3, 0.4) is 0 Å². The standard InChI is InChI=1S/C17H15NO7/c1-24-12-7-14(20)17(16(8-12)25-2)15(21)9-13(19)10-4-3-5-11(6-10)18(22)23/h3-8,20H,9H2,1-2H3. The minimum atomic E-state index is -0.673. The number of ether oxygens (including phenoxy) is 2. The average Bonchev–Trinajstić information content (AvgIpc) is 2.60. The van der Waals surface area contributed by atoms with Crippen LogP contribution in [0.25, 0.3) is 0 Å². The molecule has 0 saturated carbocycles. The second-order valence-electron chi connectivity index (χ2n) is 5.05. The maximum atomic E-state index is 12.4. The fourth-order valence-electron chi connectivity index (χ4n) is 2.26. The molecule has 25 heavy (non-hydrogen) atoms. The van der Waals surface area contributed by atoms with Gasteiger partial charge in [-0.2, -0.15) is 0 Å². The van der Waals surface area contributed by atoms with E-state index in [2.05, 4.69) is 0 Å². The fraction of sp³-hybridized carbons (Fsp3) is 0.176. The lowest BCUT2D eigenvalue weighted by Crippen LogP contribution is -2.10. The van der Waals surface area contributed by atoms with Crippen LogP contribution in [0.2, 0.25) is 0 Å². The number of carbonyl (C=O) groups is 2. The lowest BCUT2D eigenvalue weighted by Gasteiger charge is -2.11. The minimum absolute atomic E-state index is 0.0366. The maximum absolute atomic E-state index is 12.4. The van der Waals surface area contributed by atoms with E-state index in [1.54, 1.807) is 0 Å². The van der Waals surface area contributed by atoms with Gasteiger partial charge in [0, 0.05) is 29.8 Å². The summed E-state index contributed by atoms with van der Waals surface area (Å²) >= 11 is 0. The second-order valence-corrected chi connectivity index (χ2v) is 5.05. The minimum Gasteiger partial charge on any atom is -0.507 e. The van der Waals surface area contributed by atoms with Crippen LogP contribution in [0.1, 0.15) is 27.1 Å². The highest BCUT2D eigenvalue weighted by atomic mass is 16.6. The predicted octanol–water partition coefficient (Wildman–Crippen LogP) is 2.77. The number of nitro groups is 1. The Morgan fingerprint density at radius 3 is 2.44 bits per heavy atom. The normalized spacial score (nSPS) is 10.2. The summed E-state index contributed by atoms with van der Waals surface area (Å²) in [5.41, 5.74) is -0.361. The van der Waals surface area contributed by atoms with E-state index in [0.717, 1.165) is 6.07 Å². The van der Waals surface area contributed by atoms with E-state index in [1.807, 2.05) is 0 Å². The van der Waals surface area contributed by atoms with Crippen molar-refractivity contribution in [3.63, 3.8) is 0 Å². The van der Waals surface area contributed by atoms with Crippen molar-refractivity contribution in [1.82, 2.24) is 0 Å². The fourth-order valence-corrected chi connectivity index (χ4v) is 2.26. The van der Waals surface area contributed by atoms with Gasteiger partial charge in [0.1, 0.15) is 22.8 Å². The largest absolute Gasteiger partial charge is 0.507 e. The summed E-state index contributed by atoms with van der Waals surface area (Å²) in [6.07, 6.45) is -0.572. The van der Waals surface area contributed by atoms with Crippen LogP contribution in [-0.4, -0.2) is 35.8 Å². The van der Waals surface area contributed by atoms with Gasteiger partial charge >= 0.3 is 0 Å². The van der Waals surface area contributed by atoms with Crippen molar-refractivity contribution in [3.05, 3.63) is 57.6 Å². The molecule has 0 saturated heterocycles. The molecular weight excluding hydrogens is 330 g/mol. The van der Waals surface area contributed by atoms with Gasteiger partial charge in [-0.15, -0.1) is 0 Å². The quantitative estimate of drug-likeness (QED) is 0.355. The molecule has 1 N–H and O–H groups in total. The number of nitro benzene ring substituents is 1. The molecule has 0 aliphatic carbocycles. The number of nitrogens with zero attached hydrogens (tertiary/aromatic N) is 1. The van der Waals surface area contributed by atoms with Gasteiger partial charge in [-0.25, -0.2) is 0 Å². The van der Waals surface area contributed by atoms with E-state index in [4.69, 9.17) is 9.47 Å². The number of carbonyl (C=O) groups excluding carboxylic acids is 2. The van der Waals surface area contributed by atoms with Crippen molar-refractivity contribution in [2.24, 2.45) is 0 Å². The highest BCUT2D eigenvalue weighted by Gasteiger charge is 2.23. The maximum Gasteiger partial charge on any atom is 0.270 e. The molecule has 0 bridgehead atoms. The molecule has 0 amide bonds. The molecule has 2 rings (SSSR count). The first kappa shape index (κ1) is 17.9. The third-order valence-corrected chi connectivity index (χ3v) is 3.49. The van der Waals surface area contributed by atoms with Crippen LogP contribution in [0, 0.1) is 10.1 Å². The smallest absolute Gasteiger partial charge is 0.270 e. The predicted molar refractivity (Wildman–Crippen MR) is 87.6 cm³/mol. The molecular formula is C17H15NO7. The van der Waals surface area contributed by atoms with Crippen LogP contribution in [0.15, 0.2) is 36.4 Å². The van der Waals surface area contributed by atoms with Gasteiger partial charge in [-0.1, -0.05) is 12.1 Å². The number of Topliss-reactive ketones (excluding diaryl/α,β-unsaturated/α-hetero) is 2. The summed E-state index contributed by atoms with van der Waals surface area (Å²) in [7, 11) is 2.70. The van der Waals surface area contributed by atoms with Crippen molar-refractivity contribution >= 4 is 17.3 Å². The van der Waals surface area contributed by atoms with Gasteiger partial charge in [0.15, 0.2) is 11.6 Å². The second kappa shape index (κ2) is 7.43. The molecule has 8 heteroatoms. The summed E-state index contributed by atoms with van der Waals surface area (Å²) in [6.45, 7) is 0.